The lowest BCUT2D eigenvalue weighted by atomic mass is 9.87. The first-order valence-electron chi connectivity index (χ1n) is 6.78. The number of benzene rings is 2. The Morgan fingerprint density at radius 3 is 2.50 bits per heavy atom. The number of amides is 1. The highest BCUT2D eigenvalue weighted by Gasteiger charge is 2.35. The van der Waals surface area contributed by atoms with E-state index >= 15 is 0 Å². The Morgan fingerprint density at radius 1 is 1.10 bits per heavy atom. The van der Waals surface area contributed by atoms with Crippen molar-refractivity contribution in [2.75, 3.05) is 11.4 Å². The maximum atomic E-state index is 12.6. The predicted molar refractivity (Wildman–Crippen MR) is 78.7 cm³/mol. The van der Waals surface area contributed by atoms with Crippen LogP contribution in [0.2, 0.25) is 0 Å². The van der Waals surface area contributed by atoms with Crippen LogP contribution >= 0.6 is 0 Å². The molecule has 2 aromatic rings. The lowest BCUT2D eigenvalue weighted by molar-refractivity contribution is 0.0450. The van der Waals surface area contributed by atoms with Gasteiger partial charge in [0.1, 0.15) is 0 Å². The number of nitrogens with zero attached hydrogens (tertiary/aromatic N) is 1. The van der Waals surface area contributed by atoms with Crippen molar-refractivity contribution in [2.45, 2.75) is 18.9 Å². The predicted octanol–water partition coefficient (Wildman–Crippen LogP) is 2.94. The molecule has 0 aromatic heterocycles. The van der Waals surface area contributed by atoms with Crippen molar-refractivity contribution in [1.82, 2.24) is 0 Å². The van der Waals surface area contributed by atoms with Crippen LogP contribution in [0.25, 0.3) is 0 Å². The normalized spacial score (nSPS) is 21.4. The van der Waals surface area contributed by atoms with Crippen molar-refractivity contribution in [3.05, 3.63) is 65.7 Å². The Hall–Kier alpha value is -2.13. The number of para-hydroxylation sites is 1. The minimum atomic E-state index is -0.871. The third-order valence-electron chi connectivity index (χ3n) is 3.86. The van der Waals surface area contributed by atoms with Crippen molar-refractivity contribution in [3.63, 3.8) is 0 Å². The van der Waals surface area contributed by atoms with Gasteiger partial charge in [-0.2, -0.15) is 0 Å². The summed E-state index contributed by atoms with van der Waals surface area (Å²) in [7, 11) is 0. The number of aliphatic hydroxyl groups is 1. The molecule has 1 aliphatic heterocycles. The third kappa shape index (κ3) is 2.10. The van der Waals surface area contributed by atoms with Gasteiger partial charge in [-0.1, -0.05) is 36.4 Å². The van der Waals surface area contributed by atoms with Crippen LogP contribution in [-0.2, 0) is 5.60 Å². The van der Waals surface area contributed by atoms with Gasteiger partial charge in [-0.05, 0) is 31.5 Å². The second-order valence-corrected chi connectivity index (χ2v) is 5.36. The molecule has 1 N–H and O–H groups in total. The molecule has 0 radical (unpaired) electrons. The number of anilines is 1. The van der Waals surface area contributed by atoms with E-state index in [1.165, 1.54) is 0 Å². The quantitative estimate of drug-likeness (QED) is 0.863. The standard InChI is InChI=1S/C17H17NO2/c1-17(20)11-12-18(15-10-6-5-9-14(15)17)16(19)13-7-3-2-4-8-13/h2-10,20H,11-12H2,1H3. The van der Waals surface area contributed by atoms with Gasteiger partial charge in [-0.3, -0.25) is 4.79 Å². The summed E-state index contributed by atoms with van der Waals surface area (Å²) in [6.07, 6.45) is 0.544. The zero-order chi connectivity index (χ0) is 14.2. The molecule has 0 fully saturated rings. The average Bonchev–Trinajstić information content (AvgIpc) is 2.48. The molecular weight excluding hydrogens is 250 g/mol. The highest BCUT2D eigenvalue weighted by atomic mass is 16.3. The van der Waals surface area contributed by atoms with Crippen LogP contribution in [0.3, 0.4) is 0 Å². The van der Waals surface area contributed by atoms with Gasteiger partial charge in [0, 0.05) is 17.7 Å². The summed E-state index contributed by atoms with van der Waals surface area (Å²) in [6.45, 7) is 2.33. The molecule has 0 bridgehead atoms. The molecule has 0 spiro atoms. The van der Waals surface area contributed by atoms with Crippen molar-refractivity contribution in [1.29, 1.82) is 0 Å². The van der Waals surface area contributed by atoms with Crippen molar-refractivity contribution >= 4 is 11.6 Å². The molecule has 0 saturated carbocycles. The minimum absolute atomic E-state index is 0.0199. The molecule has 0 aliphatic carbocycles. The largest absolute Gasteiger partial charge is 0.385 e. The van der Waals surface area contributed by atoms with E-state index in [0.29, 0.717) is 18.5 Å². The zero-order valence-corrected chi connectivity index (χ0v) is 11.4. The van der Waals surface area contributed by atoms with E-state index in [9.17, 15) is 9.90 Å². The fourth-order valence-corrected chi connectivity index (χ4v) is 2.70. The molecule has 102 valence electrons. The monoisotopic (exact) mass is 267 g/mol. The van der Waals surface area contributed by atoms with Gasteiger partial charge in [0.05, 0.1) is 11.3 Å². The SMILES string of the molecule is CC1(O)CCN(C(=O)c2ccccc2)c2ccccc21. The Labute approximate surface area is 118 Å². The van der Waals surface area contributed by atoms with Gasteiger partial charge in [0.15, 0.2) is 0 Å². The van der Waals surface area contributed by atoms with Gasteiger partial charge in [-0.15, -0.1) is 0 Å². The number of carbonyl (C=O) groups excluding carboxylic acids is 1. The van der Waals surface area contributed by atoms with Gasteiger partial charge in [0.2, 0.25) is 0 Å². The molecule has 3 heteroatoms. The molecule has 2 aromatic carbocycles. The summed E-state index contributed by atoms with van der Waals surface area (Å²) in [5.41, 5.74) is 1.42. The number of carbonyl (C=O) groups is 1. The summed E-state index contributed by atoms with van der Waals surface area (Å²) >= 11 is 0. The van der Waals surface area contributed by atoms with Crippen LogP contribution in [0.4, 0.5) is 5.69 Å². The second kappa shape index (κ2) is 4.76. The van der Waals surface area contributed by atoms with E-state index in [2.05, 4.69) is 0 Å². The molecule has 20 heavy (non-hydrogen) atoms. The van der Waals surface area contributed by atoms with Gasteiger partial charge in [0.25, 0.3) is 5.91 Å². The van der Waals surface area contributed by atoms with Crippen LogP contribution in [0.5, 0.6) is 0 Å². The van der Waals surface area contributed by atoms with E-state index in [1.807, 2.05) is 54.6 Å². The van der Waals surface area contributed by atoms with E-state index in [1.54, 1.807) is 11.8 Å². The lowest BCUT2D eigenvalue weighted by Crippen LogP contribution is -2.42. The topological polar surface area (TPSA) is 40.5 Å². The molecule has 1 unspecified atom stereocenters. The number of fused-ring (bicyclic) bond motifs is 1. The number of hydrogen-bond acceptors (Lipinski definition) is 2. The summed E-state index contributed by atoms with van der Waals surface area (Å²) in [5, 5.41) is 10.5. The minimum Gasteiger partial charge on any atom is -0.385 e. The molecule has 1 heterocycles. The Bertz CT molecular complexity index is 634. The van der Waals surface area contributed by atoms with Gasteiger partial charge in [-0.25, -0.2) is 0 Å². The number of hydrogen-bond donors (Lipinski definition) is 1. The molecule has 0 saturated heterocycles. The molecule has 3 nitrogen and oxygen atoms in total. The van der Waals surface area contributed by atoms with Crippen LogP contribution in [0.1, 0.15) is 29.3 Å². The van der Waals surface area contributed by atoms with E-state index in [-0.39, 0.29) is 5.91 Å². The molecular formula is C17H17NO2. The summed E-state index contributed by atoms with van der Waals surface area (Å²) in [6, 6.07) is 16.8. The first kappa shape index (κ1) is 12.9. The van der Waals surface area contributed by atoms with E-state index in [0.717, 1.165) is 11.3 Å². The Morgan fingerprint density at radius 2 is 1.75 bits per heavy atom. The highest BCUT2D eigenvalue weighted by Crippen LogP contribution is 2.38. The van der Waals surface area contributed by atoms with E-state index in [4.69, 9.17) is 0 Å². The molecule has 3 rings (SSSR count). The Balaban J connectivity index is 2.03. The fraction of sp³-hybridized carbons (Fsp3) is 0.235. The van der Waals surface area contributed by atoms with Crippen LogP contribution in [-0.4, -0.2) is 17.6 Å². The second-order valence-electron chi connectivity index (χ2n) is 5.36. The average molecular weight is 267 g/mol. The smallest absolute Gasteiger partial charge is 0.258 e. The van der Waals surface area contributed by atoms with Crippen LogP contribution in [0.15, 0.2) is 54.6 Å². The first-order chi connectivity index (χ1) is 9.59. The zero-order valence-electron chi connectivity index (χ0n) is 11.4. The molecule has 1 atom stereocenters. The summed E-state index contributed by atoms with van der Waals surface area (Å²) in [5.74, 6) is -0.0199. The number of rotatable bonds is 1. The summed E-state index contributed by atoms with van der Waals surface area (Å²) < 4.78 is 0. The lowest BCUT2D eigenvalue weighted by Gasteiger charge is -2.38. The van der Waals surface area contributed by atoms with Crippen LogP contribution < -0.4 is 4.90 Å². The summed E-state index contributed by atoms with van der Waals surface area (Å²) in [4.78, 5) is 14.4. The van der Waals surface area contributed by atoms with Gasteiger partial charge < -0.3 is 10.0 Å². The van der Waals surface area contributed by atoms with Crippen molar-refractivity contribution in [3.8, 4) is 0 Å². The maximum absolute atomic E-state index is 12.6. The third-order valence-corrected chi connectivity index (χ3v) is 3.86. The Kier molecular flexibility index (Phi) is 3.07. The maximum Gasteiger partial charge on any atom is 0.258 e. The molecule has 1 aliphatic rings. The molecule has 1 amide bonds. The van der Waals surface area contributed by atoms with Crippen LogP contribution in [0, 0.1) is 0 Å². The first-order valence-corrected chi connectivity index (χ1v) is 6.78. The van der Waals surface area contributed by atoms with E-state index < -0.39 is 5.60 Å². The van der Waals surface area contributed by atoms with Crippen molar-refractivity contribution < 1.29 is 9.90 Å². The highest BCUT2D eigenvalue weighted by molar-refractivity contribution is 6.06. The van der Waals surface area contributed by atoms with Crippen molar-refractivity contribution in [2.24, 2.45) is 0 Å². The fourth-order valence-electron chi connectivity index (χ4n) is 2.70. The van der Waals surface area contributed by atoms with Gasteiger partial charge >= 0.3 is 0 Å².